The maximum Gasteiger partial charge on any atom is 0.0699 e. The summed E-state index contributed by atoms with van der Waals surface area (Å²) in [5, 5.41) is 7.98. The van der Waals surface area contributed by atoms with Gasteiger partial charge >= 0.3 is 0 Å². The molecule has 1 aromatic rings. The lowest BCUT2D eigenvalue weighted by Gasteiger charge is -2.21. The molecule has 4 nitrogen and oxygen atoms in total. The minimum absolute atomic E-state index is 0.300. The minimum atomic E-state index is 0.300. The topological polar surface area (TPSA) is 39.1 Å². The van der Waals surface area contributed by atoms with E-state index in [0.717, 1.165) is 11.0 Å². The van der Waals surface area contributed by atoms with Crippen LogP contribution in [0.2, 0.25) is 0 Å². The first kappa shape index (κ1) is 16.0. The molecule has 1 unspecified atom stereocenters. The summed E-state index contributed by atoms with van der Waals surface area (Å²) >= 11 is 3.66. The number of hydrogen-bond donors (Lipinski definition) is 1. The molecule has 1 aromatic heterocycles. The number of methoxy groups -OCH3 is 1. The van der Waals surface area contributed by atoms with Crippen molar-refractivity contribution in [2.24, 2.45) is 16.7 Å². The molecule has 5 heteroatoms. The summed E-state index contributed by atoms with van der Waals surface area (Å²) in [6.45, 7) is 10.9. The second-order valence-electron chi connectivity index (χ2n) is 6.78. The molecule has 0 radical (unpaired) electrons. The highest BCUT2D eigenvalue weighted by molar-refractivity contribution is 9.10. The zero-order chi connectivity index (χ0) is 15.1. The van der Waals surface area contributed by atoms with Gasteiger partial charge in [0.25, 0.3) is 0 Å². The average Bonchev–Trinajstić information content (AvgIpc) is 2.67. The van der Waals surface area contributed by atoms with E-state index >= 15 is 0 Å². The molecular weight excluding hydrogens is 318 g/mol. The minimum Gasteiger partial charge on any atom is -0.383 e. The van der Waals surface area contributed by atoms with Crippen LogP contribution in [-0.2, 0) is 11.3 Å². The van der Waals surface area contributed by atoms with E-state index < -0.39 is 0 Å². The van der Waals surface area contributed by atoms with Gasteiger partial charge in [-0.2, -0.15) is 5.10 Å². The normalized spacial score (nSPS) is 21.9. The van der Waals surface area contributed by atoms with Gasteiger partial charge in [-0.15, -0.1) is 0 Å². The molecule has 0 amide bonds. The molecule has 0 saturated heterocycles. The Hall–Kier alpha value is -0.390. The van der Waals surface area contributed by atoms with Crippen LogP contribution in [-0.4, -0.2) is 30.5 Å². The third-order valence-corrected chi connectivity index (χ3v) is 6.02. The van der Waals surface area contributed by atoms with Crippen molar-refractivity contribution >= 4 is 15.9 Å². The second kappa shape index (κ2) is 5.43. The fourth-order valence-electron chi connectivity index (χ4n) is 3.58. The molecule has 114 valence electrons. The van der Waals surface area contributed by atoms with Crippen molar-refractivity contribution in [1.82, 2.24) is 15.1 Å². The maximum atomic E-state index is 5.18. The number of hydrogen-bond acceptors (Lipinski definition) is 3. The van der Waals surface area contributed by atoms with Crippen LogP contribution >= 0.6 is 15.9 Å². The molecule has 0 aliphatic heterocycles. The summed E-state index contributed by atoms with van der Waals surface area (Å²) in [4.78, 5) is 0. The van der Waals surface area contributed by atoms with Crippen molar-refractivity contribution in [3.8, 4) is 0 Å². The van der Waals surface area contributed by atoms with Crippen molar-refractivity contribution in [2.45, 2.75) is 40.3 Å². The summed E-state index contributed by atoms with van der Waals surface area (Å²) < 4.78 is 8.32. The van der Waals surface area contributed by atoms with Crippen molar-refractivity contribution in [3.63, 3.8) is 0 Å². The molecule has 20 heavy (non-hydrogen) atoms. The van der Waals surface area contributed by atoms with Gasteiger partial charge in [0.2, 0.25) is 0 Å². The van der Waals surface area contributed by atoms with E-state index in [2.05, 4.69) is 58.7 Å². The first-order valence-electron chi connectivity index (χ1n) is 7.16. The monoisotopic (exact) mass is 343 g/mol. The van der Waals surface area contributed by atoms with E-state index in [9.17, 15) is 0 Å². The smallest absolute Gasteiger partial charge is 0.0699 e. The molecule has 0 aromatic carbocycles. The third kappa shape index (κ3) is 2.34. The van der Waals surface area contributed by atoms with E-state index in [0.29, 0.717) is 29.4 Å². The molecule has 1 atom stereocenters. The van der Waals surface area contributed by atoms with E-state index in [4.69, 9.17) is 4.74 Å². The Balaban J connectivity index is 2.32. The van der Waals surface area contributed by atoms with Crippen LogP contribution in [0.5, 0.6) is 0 Å². The van der Waals surface area contributed by atoms with Crippen molar-refractivity contribution < 1.29 is 4.74 Å². The molecule has 0 spiro atoms. The molecule has 1 heterocycles. The van der Waals surface area contributed by atoms with E-state index in [-0.39, 0.29) is 0 Å². The zero-order valence-electron chi connectivity index (χ0n) is 13.3. The van der Waals surface area contributed by atoms with E-state index in [1.165, 1.54) is 5.69 Å². The van der Waals surface area contributed by atoms with Crippen LogP contribution in [0.4, 0.5) is 0 Å². The van der Waals surface area contributed by atoms with Crippen LogP contribution in [0.15, 0.2) is 10.7 Å². The van der Waals surface area contributed by atoms with Gasteiger partial charge in [0.05, 0.1) is 35.6 Å². The summed E-state index contributed by atoms with van der Waals surface area (Å²) in [5.41, 5.74) is 1.89. The zero-order valence-corrected chi connectivity index (χ0v) is 14.9. The first-order chi connectivity index (χ1) is 9.29. The van der Waals surface area contributed by atoms with Crippen molar-refractivity contribution in [2.75, 3.05) is 20.8 Å². The molecule has 1 aliphatic rings. The number of halogens is 1. The number of rotatable bonds is 6. The van der Waals surface area contributed by atoms with E-state index in [1.54, 1.807) is 7.11 Å². The van der Waals surface area contributed by atoms with E-state index in [1.807, 2.05) is 13.2 Å². The Bertz CT molecular complexity index is 467. The maximum absolute atomic E-state index is 5.18. The summed E-state index contributed by atoms with van der Waals surface area (Å²) in [5.74, 6) is 0.592. The van der Waals surface area contributed by atoms with Crippen molar-refractivity contribution in [1.29, 1.82) is 0 Å². The van der Waals surface area contributed by atoms with Gasteiger partial charge in [-0.25, -0.2) is 0 Å². The highest BCUT2D eigenvalue weighted by Gasteiger charge is 2.67. The fraction of sp³-hybridized carbons (Fsp3) is 0.800. The van der Waals surface area contributed by atoms with Crippen LogP contribution in [0.3, 0.4) is 0 Å². The van der Waals surface area contributed by atoms with Crippen LogP contribution in [0, 0.1) is 16.7 Å². The Morgan fingerprint density at radius 1 is 1.40 bits per heavy atom. The number of aromatic nitrogens is 2. The van der Waals surface area contributed by atoms with Gasteiger partial charge in [0.1, 0.15) is 0 Å². The Labute approximate surface area is 130 Å². The predicted molar refractivity (Wildman–Crippen MR) is 84.7 cm³/mol. The standard InChI is InChI=1S/C15H26BrN3O/c1-14(2)13(15(14,3)4)11(17-5)12-10(16)9-18-19(12)7-8-20-6/h9,11,13,17H,7-8H2,1-6H3. The predicted octanol–water partition coefficient (Wildman–Crippen LogP) is 3.23. The molecule has 2 rings (SSSR count). The number of nitrogens with zero attached hydrogens (tertiary/aromatic N) is 2. The molecule has 1 fully saturated rings. The Morgan fingerprint density at radius 2 is 2.00 bits per heavy atom. The molecule has 0 bridgehead atoms. The summed E-state index contributed by atoms with van der Waals surface area (Å²) in [6, 6.07) is 0.300. The highest BCUT2D eigenvalue weighted by atomic mass is 79.9. The molecular formula is C15H26BrN3O. The third-order valence-electron chi connectivity index (χ3n) is 5.41. The average molecular weight is 344 g/mol. The fourth-order valence-corrected chi connectivity index (χ4v) is 4.12. The van der Waals surface area contributed by atoms with Crippen molar-refractivity contribution in [3.05, 3.63) is 16.4 Å². The number of ether oxygens (including phenoxy) is 1. The Kier molecular flexibility index (Phi) is 4.34. The van der Waals surface area contributed by atoms with Gasteiger partial charge in [-0.3, -0.25) is 4.68 Å². The lowest BCUT2D eigenvalue weighted by molar-refractivity contribution is 0.181. The van der Waals surface area contributed by atoms with Gasteiger partial charge in [0.15, 0.2) is 0 Å². The lowest BCUT2D eigenvalue weighted by atomic mass is 10.0. The quantitative estimate of drug-likeness (QED) is 0.861. The van der Waals surface area contributed by atoms with Crippen LogP contribution in [0.25, 0.3) is 0 Å². The van der Waals surface area contributed by atoms with Gasteiger partial charge < -0.3 is 10.1 Å². The SMILES string of the molecule is CNC(c1c(Br)cnn1CCOC)C1C(C)(C)C1(C)C. The molecule has 1 aliphatic carbocycles. The number of nitrogens with one attached hydrogen (secondary N) is 1. The summed E-state index contributed by atoms with van der Waals surface area (Å²) in [7, 11) is 3.76. The molecule has 1 saturated carbocycles. The van der Waals surface area contributed by atoms with Gasteiger partial charge in [0, 0.05) is 7.11 Å². The van der Waals surface area contributed by atoms with Gasteiger partial charge in [-0.1, -0.05) is 27.7 Å². The second-order valence-corrected chi connectivity index (χ2v) is 7.64. The lowest BCUT2D eigenvalue weighted by Crippen LogP contribution is -2.26. The first-order valence-corrected chi connectivity index (χ1v) is 7.95. The Morgan fingerprint density at radius 3 is 2.45 bits per heavy atom. The summed E-state index contributed by atoms with van der Waals surface area (Å²) in [6.07, 6.45) is 1.89. The van der Waals surface area contributed by atoms with Crippen LogP contribution in [0.1, 0.15) is 39.4 Å². The highest BCUT2D eigenvalue weighted by Crippen LogP contribution is 2.72. The van der Waals surface area contributed by atoms with Gasteiger partial charge in [-0.05, 0) is 39.7 Å². The van der Waals surface area contributed by atoms with Crippen LogP contribution < -0.4 is 5.32 Å². The largest absolute Gasteiger partial charge is 0.383 e. The molecule has 1 N–H and O–H groups in total.